The van der Waals surface area contributed by atoms with Crippen LogP contribution in [0.3, 0.4) is 0 Å². The molecule has 1 atom stereocenters. The molecule has 0 aliphatic carbocycles. The molecule has 1 aliphatic heterocycles. The highest BCUT2D eigenvalue weighted by atomic mass is 16.6. The average molecular weight is 500 g/mol. The fourth-order valence-corrected chi connectivity index (χ4v) is 5.18. The molecule has 0 radical (unpaired) electrons. The minimum Gasteiger partial charge on any atom is -0.459 e. The second-order valence-corrected chi connectivity index (χ2v) is 9.18. The van der Waals surface area contributed by atoms with Gasteiger partial charge in [-0.3, -0.25) is 29.2 Å². The number of rotatable bonds is 7. The van der Waals surface area contributed by atoms with Crippen molar-refractivity contribution in [3.8, 4) is 11.8 Å². The van der Waals surface area contributed by atoms with E-state index in [1.54, 1.807) is 6.07 Å². The third-order valence-corrected chi connectivity index (χ3v) is 6.74. The molecule has 37 heavy (non-hydrogen) atoms. The lowest BCUT2D eigenvalue weighted by Crippen LogP contribution is -2.36. The Labute approximate surface area is 212 Å². The van der Waals surface area contributed by atoms with Gasteiger partial charge in [-0.15, -0.1) is 0 Å². The number of nitriles is 1. The summed E-state index contributed by atoms with van der Waals surface area (Å²) in [5.74, 6) is -0.370. The number of carbonyl (C=O) groups excluding carboxylic acids is 1. The van der Waals surface area contributed by atoms with Crippen LogP contribution in [0.4, 0.5) is 5.69 Å². The molecule has 0 spiro atoms. The Morgan fingerprint density at radius 2 is 1.81 bits per heavy atom. The maximum Gasteiger partial charge on any atom is 0.303 e. The number of carbonyl (C=O) groups is 1. The highest BCUT2D eigenvalue weighted by molar-refractivity contribution is 6.07. The number of aromatic nitrogens is 2. The molecule has 3 heterocycles. The van der Waals surface area contributed by atoms with E-state index in [2.05, 4.69) is 4.90 Å². The van der Waals surface area contributed by atoms with Crippen LogP contribution in [-0.2, 0) is 16.1 Å². The fraction of sp³-hybridized carbons (Fsp3) is 0.296. The molecular formula is C27H25N5O5. The number of nitro groups is 1. The van der Waals surface area contributed by atoms with E-state index in [1.165, 1.54) is 35.8 Å². The lowest BCUT2D eigenvalue weighted by atomic mass is 10.2. The van der Waals surface area contributed by atoms with E-state index in [0.717, 1.165) is 36.8 Å². The first kappa shape index (κ1) is 24.2. The minimum absolute atomic E-state index is 0.0570. The number of hydrogen-bond donors (Lipinski definition) is 0. The standard InChI is InChI=1S/C27H25N5O5/c1-18(33)37-22(16-29-12-4-5-13-29)17-30-24-7-3-2-6-23(24)26-25(30)14-19(15-28)27(34)31(26)20-8-10-21(11-9-20)32(35)36/h2-3,6-11,14,22H,4-5,12-13,16-17H2,1H3. The van der Waals surface area contributed by atoms with Crippen LogP contribution in [0.2, 0.25) is 0 Å². The zero-order chi connectivity index (χ0) is 26.1. The van der Waals surface area contributed by atoms with Gasteiger partial charge < -0.3 is 9.30 Å². The summed E-state index contributed by atoms with van der Waals surface area (Å²) in [5.41, 5.74) is 1.78. The molecule has 0 bridgehead atoms. The minimum atomic E-state index is -0.514. The average Bonchev–Trinajstić information content (AvgIpc) is 3.50. The van der Waals surface area contributed by atoms with Crippen LogP contribution in [0.25, 0.3) is 27.6 Å². The number of ether oxygens (including phenoxy) is 1. The first-order chi connectivity index (χ1) is 17.9. The van der Waals surface area contributed by atoms with Crippen molar-refractivity contribution in [1.82, 2.24) is 14.0 Å². The molecule has 1 aliphatic rings. The quantitative estimate of drug-likeness (QED) is 0.215. The summed E-state index contributed by atoms with van der Waals surface area (Å²) in [7, 11) is 0. The van der Waals surface area contributed by atoms with Gasteiger partial charge in [0.2, 0.25) is 0 Å². The summed E-state index contributed by atoms with van der Waals surface area (Å²) in [5, 5.41) is 21.7. The SMILES string of the molecule is CC(=O)OC(CN1CCCC1)Cn1c2ccccc2c2c1cc(C#N)c(=O)n2-c1ccc([N+](=O)[O-])cc1. The lowest BCUT2D eigenvalue weighted by Gasteiger charge is -2.24. The Bertz CT molecular complexity index is 1610. The summed E-state index contributed by atoms with van der Waals surface area (Å²) >= 11 is 0. The first-order valence-electron chi connectivity index (χ1n) is 12.1. The molecule has 2 aromatic heterocycles. The summed E-state index contributed by atoms with van der Waals surface area (Å²) < 4.78 is 9.13. The number of nitro benzene ring substituents is 1. The molecule has 0 N–H and O–H groups in total. The Kier molecular flexibility index (Phi) is 6.46. The molecule has 0 saturated carbocycles. The molecule has 2 aromatic carbocycles. The van der Waals surface area contributed by atoms with E-state index in [9.17, 15) is 25.0 Å². The van der Waals surface area contributed by atoms with Crippen LogP contribution in [0.5, 0.6) is 0 Å². The number of likely N-dealkylation sites (tertiary alicyclic amines) is 1. The van der Waals surface area contributed by atoms with Gasteiger partial charge in [-0.25, -0.2) is 0 Å². The largest absolute Gasteiger partial charge is 0.459 e. The van der Waals surface area contributed by atoms with Gasteiger partial charge in [0.25, 0.3) is 11.2 Å². The van der Waals surface area contributed by atoms with E-state index in [4.69, 9.17) is 4.74 Å². The Morgan fingerprint density at radius 1 is 1.11 bits per heavy atom. The molecule has 10 nitrogen and oxygen atoms in total. The number of nitrogens with zero attached hydrogens (tertiary/aromatic N) is 5. The van der Waals surface area contributed by atoms with E-state index >= 15 is 0 Å². The zero-order valence-corrected chi connectivity index (χ0v) is 20.3. The zero-order valence-electron chi connectivity index (χ0n) is 20.3. The van der Waals surface area contributed by atoms with Gasteiger partial charge >= 0.3 is 5.97 Å². The lowest BCUT2D eigenvalue weighted by molar-refractivity contribution is -0.384. The molecule has 1 saturated heterocycles. The van der Waals surface area contributed by atoms with Crippen LogP contribution in [0.1, 0.15) is 25.3 Å². The van der Waals surface area contributed by atoms with E-state index < -0.39 is 16.6 Å². The van der Waals surface area contributed by atoms with Gasteiger partial charge in [0.15, 0.2) is 0 Å². The van der Waals surface area contributed by atoms with E-state index in [-0.39, 0.29) is 17.2 Å². The van der Waals surface area contributed by atoms with Gasteiger partial charge in [0.1, 0.15) is 17.7 Å². The van der Waals surface area contributed by atoms with Crippen LogP contribution in [0.15, 0.2) is 59.4 Å². The number of fused-ring (bicyclic) bond motifs is 3. The monoisotopic (exact) mass is 499 g/mol. The van der Waals surface area contributed by atoms with Crippen molar-refractivity contribution in [2.75, 3.05) is 19.6 Å². The van der Waals surface area contributed by atoms with Crippen molar-refractivity contribution in [2.24, 2.45) is 0 Å². The van der Waals surface area contributed by atoms with Gasteiger partial charge in [0.05, 0.1) is 28.0 Å². The summed E-state index contributed by atoms with van der Waals surface area (Å²) in [4.78, 5) is 38.3. The van der Waals surface area contributed by atoms with Crippen molar-refractivity contribution in [2.45, 2.75) is 32.4 Å². The number of esters is 1. The topological polar surface area (TPSA) is 123 Å². The molecule has 4 aromatic rings. The normalized spacial score (nSPS) is 14.6. The summed E-state index contributed by atoms with van der Waals surface area (Å²) in [6, 6.07) is 16.8. The maximum atomic E-state index is 13.4. The number of hydrogen-bond acceptors (Lipinski definition) is 7. The van der Waals surface area contributed by atoms with Gasteiger partial charge in [-0.2, -0.15) is 5.26 Å². The van der Waals surface area contributed by atoms with Crippen molar-refractivity contribution in [3.63, 3.8) is 0 Å². The van der Waals surface area contributed by atoms with Gasteiger partial charge in [-0.1, -0.05) is 18.2 Å². The van der Waals surface area contributed by atoms with Crippen molar-refractivity contribution >= 4 is 33.6 Å². The van der Waals surface area contributed by atoms with Crippen LogP contribution < -0.4 is 5.56 Å². The Balaban J connectivity index is 1.73. The molecule has 5 rings (SSSR count). The number of non-ortho nitro benzene ring substituents is 1. The molecular weight excluding hydrogens is 474 g/mol. The second-order valence-electron chi connectivity index (χ2n) is 9.18. The van der Waals surface area contributed by atoms with Gasteiger partial charge in [-0.05, 0) is 50.2 Å². The van der Waals surface area contributed by atoms with Crippen LogP contribution >= 0.6 is 0 Å². The fourth-order valence-electron chi connectivity index (χ4n) is 5.18. The molecule has 1 unspecified atom stereocenters. The highest BCUT2D eigenvalue weighted by Gasteiger charge is 2.24. The van der Waals surface area contributed by atoms with E-state index in [1.807, 2.05) is 34.9 Å². The van der Waals surface area contributed by atoms with Crippen LogP contribution in [-0.4, -0.2) is 50.7 Å². The summed E-state index contributed by atoms with van der Waals surface area (Å²) in [6.45, 7) is 4.21. The van der Waals surface area contributed by atoms with Gasteiger partial charge in [0, 0.05) is 36.7 Å². The Morgan fingerprint density at radius 3 is 2.46 bits per heavy atom. The third-order valence-electron chi connectivity index (χ3n) is 6.74. The number of para-hydroxylation sites is 1. The molecule has 10 heteroatoms. The molecule has 0 amide bonds. The smallest absolute Gasteiger partial charge is 0.303 e. The van der Waals surface area contributed by atoms with Crippen molar-refractivity contribution in [1.29, 1.82) is 5.26 Å². The summed E-state index contributed by atoms with van der Waals surface area (Å²) in [6.07, 6.45) is 1.78. The number of benzene rings is 2. The second kappa shape index (κ2) is 9.87. The maximum absolute atomic E-state index is 13.4. The third kappa shape index (κ3) is 4.57. The van der Waals surface area contributed by atoms with Crippen molar-refractivity contribution < 1.29 is 14.5 Å². The Hall–Kier alpha value is -4.49. The van der Waals surface area contributed by atoms with E-state index in [0.29, 0.717) is 29.8 Å². The number of pyridine rings is 1. The predicted octanol–water partition coefficient (Wildman–Crippen LogP) is 3.75. The molecule has 1 fully saturated rings. The highest BCUT2D eigenvalue weighted by Crippen LogP contribution is 2.31. The van der Waals surface area contributed by atoms with Crippen molar-refractivity contribution in [3.05, 3.63) is 80.6 Å². The molecule has 188 valence electrons. The predicted molar refractivity (Wildman–Crippen MR) is 138 cm³/mol. The first-order valence-corrected chi connectivity index (χ1v) is 12.1. The van der Waals surface area contributed by atoms with Crippen LogP contribution in [0, 0.1) is 21.4 Å².